The average Bonchev–Trinajstić information content (AvgIpc) is 2.28. The molecule has 17 heavy (non-hydrogen) atoms. The number of benzene rings is 1. The van der Waals surface area contributed by atoms with Crippen LogP contribution in [0.25, 0.3) is 5.57 Å². The molecule has 0 saturated carbocycles. The van der Waals surface area contributed by atoms with Gasteiger partial charge in [0.1, 0.15) is 0 Å². The molecule has 1 aromatic carbocycles. The van der Waals surface area contributed by atoms with Gasteiger partial charge < -0.3 is 5.32 Å². The van der Waals surface area contributed by atoms with Crippen LogP contribution in [-0.4, -0.2) is 12.5 Å². The second-order valence-corrected chi connectivity index (χ2v) is 3.79. The molecule has 1 amide bonds. The van der Waals surface area contributed by atoms with Crippen LogP contribution in [0.4, 0.5) is 13.2 Å². The van der Waals surface area contributed by atoms with Gasteiger partial charge in [0.25, 0.3) is 0 Å². The van der Waals surface area contributed by atoms with Crippen LogP contribution < -0.4 is 5.32 Å². The summed E-state index contributed by atoms with van der Waals surface area (Å²) in [5.41, 5.74) is 0.399. The molecule has 2 rings (SSSR count). The van der Waals surface area contributed by atoms with Crippen molar-refractivity contribution >= 4 is 11.5 Å². The number of hydrogen-bond acceptors (Lipinski definition) is 1. The molecule has 90 valence electrons. The first-order valence-electron chi connectivity index (χ1n) is 5.13. The topological polar surface area (TPSA) is 29.1 Å². The van der Waals surface area contributed by atoms with Gasteiger partial charge in [-0.1, -0.05) is 12.1 Å². The van der Waals surface area contributed by atoms with Gasteiger partial charge >= 0.3 is 6.18 Å². The van der Waals surface area contributed by atoms with E-state index in [1.807, 2.05) is 0 Å². The lowest BCUT2D eigenvalue weighted by Gasteiger charge is -2.15. The van der Waals surface area contributed by atoms with E-state index in [2.05, 4.69) is 5.32 Å². The largest absolute Gasteiger partial charge is 0.416 e. The van der Waals surface area contributed by atoms with Crippen molar-refractivity contribution in [2.45, 2.75) is 12.6 Å². The molecule has 0 radical (unpaired) electrons. The highest BCUT2D eigenvalue weighted by Crippen LogP contribution is 2.31. The standard InChI is InChI=1S/C12H10F3NO/c13-12(14,15)10-3-1-2-8(6-10)9-4-5-16-11(17)7-9/h1-3,6-7H,4-5H2,(H,16,17). The Morgan fingerprint density at radius 3 is 2.65 bits per heavy atom. The first kappa shape index (κ1) is 11.7. The van der Waals surface area contributed by atoms with E-state index in [0.717, 1.165) is 12.1 Å². The zero-order chi connectivity index (χ0) is 12.5. The van der Waals surface area contributed by atoms with Gasteiger partial charge in [0.2, 0.25) is 5.91 Å². The second kappa shape index (κ2) is 4.24. The first-order chi connectivity index (χ1) is 7.97. The maximum atomic E-state index is 12.5. The van der Waals surface area contributed by atoms with Crippen molar-refractivity contribution in [3.8, 4) is 0 Å². The smallest absolute Gasteiger partial charge is 0.352 e. The minimum Gasteiger partial charge on any atom is -0.352 e. The van der Waals surface area contributed by atoms with Crippen LogP contribution in [0.2, 0.25) is 0 Å². The van der Waals surface area contributed by atoms with Crippen molar-refractivity contribution in [3.63, 3.8) is 0 Å². The lowest BCUT2D eigenvalue weighted by Crippen LogP contribution is -2.26. The van der Waals surface area contributed by atoms with Crippen LogP contribution in [0, 0.1) is 0 Å². The zero-order valence-electron chi connectivity index (χ0n) is 8.84. The molecule has 0 aromatic heterocycles. The number of amides is 1. The Morgan fingerprint density at radius 1 is 1.24 bits per heavy atom. The monoisotopic (exact) mass is 241 g/mol. The summed E-state index contributed by atoms with van der Waals surface area (Å²) >= 11 is 0. The summed E-state index contributed by atoms with van der Waals surface area (Å²) in [6.07, 6.45) is -2.46. The van der Waals surface area contributed by atoms with Gasteiger partial charge in [-0.2, -0.15) is 13.2 Å². The Bertz CT molecular complexity index is 477. The van der Waals surface area contributed by atoms with E-state index in [0.29, 0.717) is 24.1 Å². The molecule has 0 fully saturated rings. The molecule has 2 nitrogen and oxygen atoms in total. The van der Waals surface area contributed by atoms with E-state index in [9.17, 15) is 18.0 Å². The molecule has 1 aromatic rings. The predicted molar refractivity (Wildman–Crippen MR) is 57.0 cm³/mol. The number of carbonyl (C=O) groups is 1. The highest BCUT2D eigenvalue weighted by atomic mass is 19.4. The quantitative estimate of drug-likeness (QED) is 0.804. The van der Waals surface area contributed by atoms with E-state index in [-0.39, 0.29) is 5.91 Å². The van der Waals surface area contributed by atoms with E-state index >= 15 is 0 Å². The molecule has 0 unspecified atom stereocenters. The summed E-state index contributed by atoms with van der Waals surface area (Å²) in [5.74, 6) is -0.260. The van der Waals surface area contributed by atoms with Gasteiger partial charge in [0.05, 0.1) is 5.56 Å². The normalized spacial score (nSPS) is 16.4. The Labute approximate surface area is 96.1 Å². The van der Waals surface area contributed by atoms with Crippen molar-refractivity contribution in [3.05, 3.63) is 41.5 Å². The molecule has 5 heteroatoms. The van der Waals surface area contributed by atoms with Gasteiger partial charge in [0, 0.05) is 12.6 Å². The number of rotatable bonds is 1. The van der Waals surface area contributed by atoms with Crippen LogP contribution in [0.3, 0.4) is 0 Å². The van der Waals surface area contributed by atoms with Gasteiger partial charge in [-0.15, -0.1) is 0 Å². The molecule has 0 spiro atoms. The number of halogens is 3. The van der Waals surface area contributed by atoms with Crippen molar-refractivity contribution < 1.29 is 18.0 Å². The van der Waals surface area contributed by atoms with E-state index < -0.39 is 11.7 Å². The number of nitrogens with one attached hydrogen (secondary N) is 1. The third kappa shape index (κ3) is 2.67. The summed E-state index contributed by atoms with van der Waals surface area (Å²) in [6, 6.07) is 5.03. The summed E-state index contributed by atoms with van der Waals surface area (Å²) in [6.45, 7) is 0.459. The third-order valence-electron chi connectivity index (χ3n) is 2.56. The molecule has 0 bridgehead atoms. The molecule has 0 saturated heterocycles. The molecule has 1 N–H and O–H groups in total. The molecular weight excluding hydrogens is 231 g/mol. The third-order valence-corrected chi connectivity index (χ3v) is 2.56. The number of alkyl halides is 3. The second-order valence-electron chi connectivity index (χ2n) is 3.79. The molecular formula is C12H10F3NO. The molecule has 1 aliphatic rings. The maximum Gasteiger partial charge on any atom is 0.416 e. The fourth-order valence-electron chi connectivity index (χ4n) is 1.72. The van der Waals surface area contributed by atoms with E-state index in [1.54, 1.807) is 6.07 Å². The van der Waals surface area contributed by atoms with E-state index in [1.165, 1.54) is 12.1 Å². The molecule has 1 aliphatic heterocycles. The van der Waals surface area contributed by atoms with Crippen molar-refractivity contribution in [2.24, 2.45) is 0 Å². The van der Waals surface area contributed by atoms with Gasteiger partial charge in [0.15, 0.2) is 0 Å². The Balaban J connectivity index is 2.37. The summed E-state index contributed by atoms with van der Waals surface area (Å²) in [5, 5.41) is 2.59. The van der Waals surface area contributed by atoms with Crippen LogP contribution >= 0.6 is 0 Å². The fraction of sp³-hybridized carbons (Fsp3) is 0.250. The van der Waals surface area contributed by atoms with Crippen LogP contribution in [0.1, 0.15) is 17.5 Å². The summed E-state index contributed by atoms with van der Waals surface area (Å²) in [7, 11) is 0. The predicted octanol–water partition coefficient (Wildman–Crippen LogP) is 2.61. The van der Waals surface area contributed by atoms with Gasteiger partial charge in [-0.05, 0) is 29.7 Å². The Morgan fingerprint density at radius 2 is 2.00 bits per heavy atom. The molecule has 0 atom stereocenters. The van der Waals surface area contributed by atoms with Crippen LogP contribution in [0.5, 0.6) is 0 Å². The lowest BCUT2D eigenvalue weighted by atomic mass is 9.98. The highest BCUT2D eigenvalue weighted by molar-refractivity contribution is 5.96. The zero-order valence-corrected chi connectivity index (χ0v) is 8.84. The van der Waals surface area contributed by atoms with Crippen LogP contribution in [-0.2, 0) is 11.0 Å². The molecule has 0 aliphatic carbocycles. The van der Waals surface area contributed by atoms with Gasteiger partial charge in [-0.3, -0.25) is 4.79 Å². The van der Waals surface area contributed by atoms with E-state index in [4.69, 9.17) is 0 Å². The average molecular weight is 241 g/mol. The van der Waals surface area contributed by atoms with Crippen molar-refractivity contribution in [1.29, 1.82) is 0 Å². The fourth-order valence-corrected chi connectivity index (χ4v) is 1.72. The minimum atomic E-state index is -4.35. The van der Waals surface area contributed by atoms with Crippen LogP contribution in [0.15, 0.2) is 30.3 Å². The Kier molecular flexibility index (Phi) is 2.92. The summed E-state index contributed by atoms with van der Waals surface area (Å²) in [4.78, 5) is 11.1. The lowest BCUT2D eigenvalue weighted by molar-refractivity contribution is -0.137. The first-order valence-corrected chi connectivity index (χ1v) is 5.13. The summed E-state index contributed by atoms with van der Waals surface area (Å²) < 4.78 is 37.5. The van der Waals surface area contributed by atoms with Gasteiger partial charge in [-0.25, -0.2) is 0 Å². The number of carbonyl (C=O) groups excluding carboxylic acids is 1. The number of hydrogen-bond donors (Lipinski definition) is 1. The maximum absolute atomic E-state index is 12.5. The molecule has 1 heterocycles. The highest BCUT2D eigenvalue weighted by Gasteiger charge is 2.30. The van der Waals surface area contributed by atoms with Crippen molar-refractivity contribution in [1.82, 2.24) is 5.32 Å². The SMILES string of the molecule is O=C1C=C(c2cccc(C(F)(F)F)c2)CCN1. The minimum absolute atomic E-state index is 0.260. The van der Waals surface area contributed by atoms with Crippen molar-refractivity contribution in [2.75, 3.05) is 6.54 Å². The Hall–Kier alpha value is -1.78.